The predicted molar refractivity (Wildman–Crippen MR) is 105 cm³/mol. The first-order valence-electron chi connectivity index (χ1n) is 8.78. The molecular formula is C20H26N2O4S. The smallest absolute Gasteiger partial charge is 0.257 e. The predicted octanol–water partition coefficient (Wildman–Crippen LogP) is 2.50. The second-order valence-corrected chi connectivity index (χ2v) is 8.32. The molecule has 1 amide bonds. The molecular weight excluding hydrogens is 364 g/mol. The fourth-order valence-corrected chi connectivity index (χ4v) is 3.03. The van der Waals surface area contributed by atoms with Crippen LogP contribution in [0.1, 0.15) is 36.5 Å². The van der Waals surface area contributed by atoms with Gasteiger partial charge < -0.3 is 10.1 Å². The van der Waals surface area contributed by atoms with Gasteiger partial charge in [-0.05, 0) is 54.2 Å². The first-order valence-corrected chi connectivity index (χ1v) is 10.3. The number of carbonyl (C=O) groups is 1. The van der Waals surface area contributed by atoms with Crippen molar-refractivity contribution < 1.29 is 17.9 Å². The van der Waals surface area contributed by atoms with Crippen LogP contribution in [0.3, 0.4) is 0 Å². The molecule has 0 fully saturated rings. The second kappa shape index (κ2) is 9.01. The minimum atomic E-state index is -3.69. The van der Waals surface area contributed by atoms with Crippen molar-refractivity contribution in [3.05, 3.63) is 59.2 Å². The Morgan fingerprint density at radius 3 is 2.41 bits per heavy atom. The topological polar surface area (TPSA) is 98.5 Å². The quantitative estimate of drug-likeness (QED) is 0.723. The fraction of sp³-hybridized carbons (Fsp3) is 0.350. The summed E-state index contributed by atoms with van der Waals surface area (Å²) in [6.07, 6.45) is 0.582. The summed E-state index contributed by atoms with van der Waals surface area (Å²) in [5, 5.41) is 7.86. The highest BCUT2D eigenvalue weighted by Gasteiger charge is 2.09. The highest BCUT2D eigenvalue weighted by molar-refractivity contribution is 7.89. The number of benzene rings is 2. The van der Waals surface area contributed by atoms with Gasteiger partial charge in [0.25, 0.3) is 5.91 Å². The van der Waals surface area contributed by atoms with E-state index in [0.29, 0.717) is 18.9 Å². The number of hydrogen-bond acceptors (Lipinski definition) is 4. The van der Waals surface area contributed by atoms with Crippen LogP contribution in [0.2, 0.25) is 0 Å². The highest BCUT2D eigenvalue weighted by Crippen LogP contribution is 2.24. The van der Waals surface area contributed by atoms with Gasteiger partial charge in [-0.2, -0.15) is 0 Å². The van der Waals surface area contributed by atoms with Crippen molar-refractivity contribution in [3.63, 3.8) is 0 Å². The molecule has 0 atom stereocenters. The molecule has 0 unspecified atom stereocenters. The van der Waals surface area contributed by atoms with Gasteiger partial charge in [-0.1, -0.05) is 38.1 Å². The largest absolute Gasteiger partial charge is 0.483 e. The molecule has 2 rings (SSSR count). The van der Waals surface area contributed by atoms with Crippen molar-refractivity contribution in [2.45, 2.75) is 38.0 Å². The van der Waals surface area contributed by atoms with Crippen LogP contribution in [0, 0.1) is 6.92 Å². The summed E-state index contributed by atoms with van der Waals surface area (Å²) in [7, 11) is -3.69. The van der Waals surface area contributed by atoms with E-state index in [4.69, 9.17) is 9.88 Å². The lowest BCUT2D eigenvalue weighted by Crippen LogP contribution is -2.30. The van der Waals surface area contributed by atoms with Crippen LogP contribution in [0.15, 0.2) is 47.4 Å². The number of rotatable bonds is 8. The Bertz CT molecular complexity index is 891. The summed E-state index contributed by atoms with van der Waals surface area (Å²) in [5.74, 6) is 0.905. The standard InChI is InChI=1S/C20H26N2O4S/c1-14(2)17-7-4-15(3)19(12-17)26-13-20(23)22-11-10-16-5-8-18(9-6-16)27(21,24)25/h4-9,12,14H,10-11,13H2,1-3H3,(H,22,23)(H2,21,24,25). The average Bonchev–Trinajstić information content (AvgIpc) is 2.60. The van der Waals surface area contributed by atoms with E-state index in [9.17, 15) is 13.2 Å². The molecule has 2 aromatic rings. The van der Waals surface area contributed by atoms with E-state index in [-0.39, 0.29) is 17.4 Å². The van der Waals surface area contributed by atoms with Crippen molar-refractivity contribution in [1.29, 1.82) is 0 Å². The van der Waals surface area contributed by atoms with E-state index >= 15 is 0 Å². The molecule has 27 heavy (non-hydrogen) atoms. The summed E-state index contributed by atoms with van der Waals surface area (Å²) >= 11 is 0. The number of nitrogens with two attached hydrogens (primary N) is 1. The number of amides is 1. The summed E-state index contributed by atoms with van der Waals surface area (Å²) in [6, 6.07) is 12.3. The van der Waals surface area contributed by atoms with Gasteiger partial charge in [0.2, 0.25) is 10.0 Å². The third-order valence-corrected chi connectivity index (χ3v) is 5.15. The summed E-state index contributed by atoms with van der Waals surface area (Å²) in [5.41, 5.74) is 3.06. The van der Waals surface area contributed by atoms with Gasteiger partial charge in [-0.25, -0.2) is 13.6 Å². The van der Waals surface area contributed by atoms with E-state index in [1.165, 1.54) is 17.7 Å². The molecule has 0 spiro atoms. The van der Waals surface area contributed by atoms with Gasteiger partial charge in [0, 0.05) is 6.54 Å². The van der Waals surface area contributed by atoms with Gasteiger partial charge in [0.05, 0.1) is 4.90 Å². The van der Waals surface area contributed by atoms with E-state index in [2.05, 4.69) is 25.2 Å². The van der Waals surface area contributed by atoms with Crippen LogP contribution >= 0.6 is 0 Å². The Hall–Kier alpha value is -2.38. The zero-order valence-electron chi connectivity index (χ0n) is 15.9. The van der Waals surface area contributed by atoms with Crippen molar-refractivity contribution in [2.24, 2.45) is 5.14 Å². The van der Waals surface area contributed by atoms with Gasteiger partial charge >= 0.3 is 0 Å². The SMILES string of the molecule is Cc1ccc(C(C)C)cc1OCC(=O)NCCc1ccc(S(N)(=O)=O)cc1. The Morgan fingerprint density at radius 1 is 1.15 bits per heavy atom. The molecule has 2 aromatic carbocycles. The zero-order valence-corrected chi connectivity index (χ0v) is 16.7. The summed E-state index contributed by atoms with van der Waals surface area (Å²) in [4.78, 5) is 12.1. The van der Waals surface area contributed by atoms with Gasteiger partial charge in [0.15, 0.2) is 6.61 Å². The molecule has 0 bridgehead atoms. The van der Waals surface area contributed by atoms with Crippen molar-refractivity contribution >= 4 is 15.9 Å². The first kappa shape index (κ1) is 20.9. The van der Waals surface area contributed by atoms with Gasteiger partial charge in [-0.3, -0.25) is 4.79 Å². The third-order valence-electron chi connectivity index (χ3n) is 4.23. The number of hydrogen-bond donors (Lipinski definition) is 2. The Balaban J connectivity index is 1.81. The molecule has 0 saturated carbocycles. The van der Waals surface area contributed by atoms with Crippen molar-refractivity contribution in [3.8, 4) is 5.75 Å². The maximum Gasteiger partial charge on any atom is 0.257 e. The normalized spacial score (nSPS) is 11.4. The Morgan fingerprint density at radius 2 is 1.81 bits per heavy atom. The molecule has 0 aliphatic heterocycles. The molecule has 0 heterocycles. The van der Waals surface area contributed by atoms with E-state index in [1.54, 1.807) is 12.1 Å². The van der Waals surface area contributed by atoms with E-state index in [1.807, 2.05) is 19.1 Å². The maximum absolute atomic E-state index is 12.0. The minimum absolute atomic E-state index is 0.0489. The highest BCUT2D eigenvalue weighted by atomic mass is 32.2. The van der Waals surface area contributed by atoms with Crippen molar-refractivity contribution in [2.75, 3.05) is 13.2 Å². The molecule has 6 nitrogen and oxygen atoms in total. The van der Waals surface area contributed by atoms with Gasteiger partial charge in [0.1, 0.15) is 5.75 Å². The molecule has 0 aliphatic rings. The monoisotopic (exact) mass is 390 g/mol. The molecule has 3 N–H and O–H groups in total. The Labute approximate surface area is 160 Å². The first-order chi connectivity index (χ1) is 12.7. The van der Waals surface area contributed by atoms with Crippen LogP contribution in [0.5, 0.6) is 5.75 Å². The Kier molecular flexibility index (Phi) is 6.98. The second-order valence-electron chi connectivity index (χ2n) is 6.76. The van der Waals surface area contributed by atoms with E-state index < -0.39 is 10.0 Å². The molecule has 0 aliphatic carbocycles. The van der Waals surface area contributed by atoms with Gasteiger partial charge in [-0.15, -0.1) is 0 Å². The number of sulfonamides is 1. The van der Waals surface area contributed by atoms with Crippen molar-refractivity contribution in [1.82, 2.24) is 5.32 Å². The van der Waals surface area contributed by atoms with Crippen LogP contribution in [-0.4, -0.2) is 27.5 Å². The molecule has 0 saturated heterocycles. The van der Waals surface area contributed by atoms with E-state index in [0.717, 1.165) is 16.9 Å². The number of aryl methyl sites for hydroxylation is 1. The van der Waals surface area contributed by atoms with Crippen LogP contribution in [-0.2, 0) is 21.2 Å². The molecule has 0 aromatic heterocycles. The van der Waals surface area contributed by atoms with Crippen LogP contribution in [0.4, 0.5) is 0 Å². The van der Waals surface area contributed by atoms with Crippen LogP contribution < -0.4 is 15.2 Å². The number of ether oxygens (including phenoxy) is 1. The lowest BCUT2D eigenvalue weighted by atomic mass is 10.0. The zero-order chi connectivity index (χ0) is 20.0. The number of carbonyl (C=O) groups excluding carboxylic acids is 1. The summed E-state index contributed by atoms with van der Waals surface area (Å²) in [6.45, 7) is 6.55. The summed E-state index contributed by atoms with van der Waals surface area (Å²) < 4.78 is 28.1. The molecule has 146 valence electrons. The molecule has 0 radical (unpaired) electrons. The fourth-order valence-electron chi connectivity index (χ4n) is 2.52. The average molecular weight is 391 g/mol. The lowest BCUT2D eigenvalue weighted by molar-refractivity contribution is -0.123. The number of nitrogens with one attached hydrogen (secondary N) is 1. The molecule has 7 heteroatoms. The minimum Gasteiger partial charge on any atom is -0.483 e. The lowest BCUT2D eigenvalue weighted by Gasteiger charge is -2.13. The number of primary sulfonamides is 1. The maximum atomic E-state index is 12.0. The van der Waals surface area contributed by atoms with Crippen LogP contribution in [0.25, 0.3) is 0 Å². The third kappa shape index (κ3) is 6.37.